The lowest BCUT2D eigenvalue weighted by atomic mass is 9.66. The molecule has 7 nitrogen and oxygen atoms in total. The fourth-order valence-corrected chi connectivity index (χ4v) is 2.83. The molecule has 0 atom stereocenters. The molecular weight excluding hydrogens is 296 g/mol. The maximum Gasteiger partial charge on any atom is 0.310 e. The van der Waals surface area contributed by atoms with Crippen molar-refractivity contribution in [3.63, 3.8) is 0 Å². The van der Waals surface area contributed by atoms with Gasteiger partial charge in [0.1, 0.15) is 12.7 Å². The number of benzene rings is 1. The second kappa shape index (κ2) is 6.20. The molecule has 7 heteroatoms. The van der Waals surface area contributed by atoms with E-state index in [-0.39, 0.29) is 12.3 Å². The maximum atomic E-state index is 12.2. The number of nitrogens with zero attached hydrogens (tertiary/aromatic N) is 3. The highest BCUT2D eigenvalue weighted by molar-refractivity contribution is 5.94. The van der Waals surface area contributed by atoms with E-state index in [4.69, 9.17) is 0 Å². The van der Waals surface area contributed by atoms with Gasteiger partial charge in [0, 0.05) is 12.1 Å². The van der Waals surface area contributed by atoms with Crippen molar-refractivity contribution in [1.82, 2.24) is 14.8 Å². The van der Waals surface area contributed by atoms with Crippen molar-refractivity contribution in [3.05, 3.63) is 42.5 Å². The first-order valence-corrected chi connectivity index (χ1v) is 7.52. The molecule has 0 aliphatic heterocycles. The van der Waals surface area contributed by atoms with Gasteiger partial charge in [0.2, 0.25) is 5.91 Å². The number of carbonyl (C=O) groups excluding carboxylic acids is 1. The Labute approximate surface area is 133 Å². The minimum atomic E-state index is -0.876. The van der Waals surface area contributed by atoms with Crippen LogP contribution >= 0.6 is 0 Å². The average molecular weight is 314 g/mol. The van der Waals surface area contributed by atoms with E-state index >= 15 is 0 Å². The fraction of sp³-hybridized carbons (Fsp3) is 0.375. The lowest BCUT2D eigenvalue weighted by Crippen LogP contribution is -2.41. The molecule has 0 spiro atoms. The Kier molecular flexibility index (Phi) is 4.10. The van der Waals surface area contributed by atoms with Crippen LogP contribution in [-0.4, -0.2) is 31.7 Å². The molecule has 0 saturated heterocycles. The van der Waals surface area contributed by atoms with Crippen LogP contribution in [0, 0.1) is 5.41 Å². The zero-order valence-electron chi connectivity index (χ0n) is 12.6. The van der Waals surface area contributed by atoms with E-state index in [1.54, 1.807) is 17.1 Å². The number of anilines is 1. The molecule has 1 fully saturated rings. The third-order valence-corrected chi connectivity index (χ3v) is 4.29. The molecule has 2 N–H and O–H groups in total. The summed E-state index contributed by atoms with van der Waals surface area (Å²) in [5, 5.41) is 16.1. The van der Waals surface area contributed by atoms with Crippen LogP contribution in [-0.2, 0) is 16.1 Å². The Balaban J connectivity index is 1.63. The first-order chi connectivity index (χ1) is 11.1. The van der Waals surface area contributed by atoms with Crippen LogP contribution < -0.4 is 5.32 Å². The predicted octanol–water partition coefficient (Wildman–Crippen LogP) is 1.91. The number of hydrogen-bond donors (Lipinski definition) is 2. The molecular formula is C16H18N4O3. The van der Waals surface area contributed by atoms with E-state index in [0.29, 0.717) is 25.1 Å². The van der Waals surface area contributed by atoms with Crippen molar-refractivity contribution in [2.24, 2.45) is 5.41 Å². The molecule has 1 saturated carbocycles. The van der Waals surface area contributed by atoms with Gasteiger partial charge in [-0.2, -0.15) is 5.10 Å². The van der Waals surface area contributed by atoms with Crippen LogP contribution in [0.3, 0.4) is 0 Å². The molecule has 1 aliphatic rings. The van der Waals surface area contributed by atoms with Gasteiger partial charge in [-0.3, -0.25) is 9.59 Å². The topological polar surface area (TPSA) is 97.1 Å². The molecule has 1 amide bonds. The zero-order chi connectivity index (χ0) is 16.3. The summed E-state index contributed by atoms with van der Waals surface area (Å²) in [4.78, 5) is 27.4. The monoisotopic (exact) mass is 314 g/mol. The van der Waals surface area contributed by atoms with Crippen molar-refractivity contribution in [2.75, 3.05) is 5.32 Å². The number of aromatic nitrogens is 3. The predicted molar refractivity (Wildman–Crippen MR) is 82.7 cm³/mol. The minimum absolute atomic E-state index is 0.0234. The van der Waals surface area contributed by atoms with E-state index in [2.05, 4.69) is 15.4 Å². The van der Waals surface area contributed by atoms with Crippen molar-refractivity contribution in [1.29, 1.82) is 0 Å². The van der Waals surface area contributed by atoms with Crippen LogP contribution in [0.15, 0.2) is 36.9 Å². The Hall–Kier alpha value is -2.70. The average Bonchev–Trinajstić information content (AvgIpc) is 2.95. The number of carbonyl (C=O) groups is 2. The molecule has 0 radical (unpaired) electrons. The van der Waals surface area contributed by atoms with Gasteiger partial charge in [-0.25, -0.2) is 9.67 Å². The summed E-state index contributed by atoms with van der Waals surface area (Å²) >= 11 is 0. The lowest BCUT2D eigenvalue weighted by Gasteiger charge is -2.36. The minimum Gasteiger partial charge on any atom is -0.481 e. The second-order valence-electron chi connectivity index (χ2n) is 5.96. The number of rotatable bonds is 6. The molecule has 3 rings (SSSR count). The number of carboxylic acids is 1. The summed E-state index contributed by atoms with van der Waals surface area (Å²) in [7, 11) is 0. The summed E-state index contributed by atoms with van der Waals surface area (Å²) in [6, 6.07) is 7.42. The van der Waals surface area contributed by atoms with Gasteiger partial charge in [-0.05, 0) is 30.5 Å². The molecule has 1 aromatic heterocycles. The highest BCUT2D eigenvalue weighted by Crippen LogP contribution is 2.44. The first-order valence-electron chi connectivity index (χ1n) is 7.52. The number of aliphatic carboxylic acids is 1. The summed E-state index contributed by atoms with van der Waals surface area (Å²) in [6.45, 7) is 0.558. The van der Waals surface area contributed by atoms with E-state index in [1.165, 1.54) is 6.33 Å². The van der Waals surface area contributed by atoms with Gasteiger partial charge in [-0.1, -0.05) is 18.6 Å². The molecule has 23 heavy (non-hydrogen) atoms. The van der Waals surface area contributed by atoms with Crippen molar-refractivity contribution in [2.45, 2.75) is 32.2 Å². The lowest BCUT2D eigenvalue weighted by molar-refractivity contribution is -0.157. The Morgan fingerprint density at radius 3 is 2.78 bits per heavy atom. The third kappa shape index (κ3) is 3.39. The summed E-state index contributed by atoms with van der Waals surface area (Å²) in [5.74, 6) is -1.14. The van der Waals surface area contributed by atoms with E-state index in [0.717, 1.165) is 12.0 Å². The van der Waals surface area contributed by atoms with Gasteiger partial charge in [0.15, 0.2) is 0 Å². The summed E-state index contributed by atoms with van der Waals surface area (Å²) in [5.41, 5.74) is 0.764. The van der Waals surface area contributed by atoms with Crippen LogP contribution in [0.1, 0.15) is 31.2 Å². The van der Waals surface area contributed by atoms with Crippen molar-refractivity contribution >= 4 is 17.6 Å². The van der Waals surface area contributed by atoms with Gasteiger partial charge in [0.05, 0.1) is 12.0 Å². The number of nitrogens with one attached hydrogen (secondary N) is 1. The standard InChI is InChI=1S/C16H18N4O3/c21-14(8-16(15(22)23)5-2-6-16)19-13-4-1-3-12(7-13)9-20-11-17-10-18-20/h1,3-4,7,10-11H,2,5-6,8-9H2,(H,19,21)(H,22,23). The smallest absolute Gasteiger partial charge is 0.310 e. The highest BCUT2D eigenvalue weighted by atomic mass is 16.4. The molecule has 0 unspecified atom stereocenters. The maximum absolute atomic E-state index is 12.2. The largest absolute Gasteiger partial charge is 0.481 e. The van der Waals surface area contributed by atoms with Crippen LogP contribution in [0.25, 0.3) is 0 Å². The quantitative estimate of drug-likeness (QED) is 0.849. The summed E-state index contributed by atoms with van der Waals surface area (Å²) in [6.07, 6.45) is 5.13. The Morgan fingerprint density at radius 2 is 2.17 bits per heavy atom. The molecule has 1 heterocycles. The SMILES string of the molecule is O=C(CC1(C(=O)O)CCC1)Nc1cccc(Cn2cncn2)c1. The first kappa shape index (κ1) is 15.2. The number of carboxylic acid groups (broad SMARTS) is 1. The van der Waals surface area contributed by atoms with E-state index in [1.807, 2.05) is 18.2 Å². The van der Waals surface area contributed by atoms with Gasteiger partial charge in [0.25, 0.3) is 0 Å². The Bertz CT molecular complexity index is 708. The van der Waals surface area contributed by atoms with Crippen LogP contribution in [0.4, 0.5) is 5.69 Å². The van der Waals surface area contributed by atoms with Crippen LogP contribution in [0.2, 0.25) is 0 Å². The molecule has 1 aromatic carbocycles. The second-order valence-corrected chi connectivity index (χ2v) is 5.96. The van der Waals surface area contributed by atoms with Gasteiger partial charge < -0.3 is 10.4 Å². The molecule has 1 aliphatic carbocycles. The number of hydrogen-bond acceptors (Lipinski definition) is 4. The Morgan fingerprint density at radius 1 is 1.35 bits per heavy atom. The number of amides is 1. The van der Waals surface area contributed by atoms with Gasteiger partial charge >= 0.3 is 5.97 Å². The zero-order valence-corrected chi connectivity index (χ0v) is 12.6. The van der Waals surface area contributed by atoms with E-state index < -0.39 is 11.4 Å². The van der Waals surface area contributed by atoms with Crippen molar-refractivity contribution in [3.8, 4) is 0 Å². The molecule has 2 aromatic rings. The normalized spacial score (nSPS) is 15.7. The highest BCUT2D eigenvalue weighted by Gasteiger charge is 2.45. The van der Waals surface area contributed by atoms with Crippen molar-refractivity contribution < 1.29 is 14.7 Å². The fourth-order valence-electron chi connectivity index (χ4n) is 2.83. The van der Waals surface area contributed by atoms with Crippen LogP contribution in [0.5, 0.6) is 0 Å². The summed E-state index contributed by atoms with van der Waals surface area (Å²) < 4.78 is 1.69. The van der Waals surface area contributed by atoms with Gasteiger partial charge in [-0.15, -0.1) is 0 Å². The third-order valence-electron chi connectivity index (χ3n) is 4.29. The molecule has 120 valence electrons. The van der Waals surface area contributed by atoms with E-state index in [9.17, 15) is 14.7 Å². The molecule has 0 bridgehead atoms.